The highest BCUT2D eigenvalue weighted by molar-refractivity contribution is 5.44. The first-order valence-electron chi connectivity index (χ1n) is 6.40. The van der Waals surface area contributed by atoms with Gasteiger partial charge in [0.2, 0.25) is 0 Å². The van der Waals surface area contributed by atoms with E-state index in [9.17, 15) is 8.78 Å². The van der Waals surface area contributed by atoms with Crippen molar-refractivity contribution in [1.82, 2.24) is 0 Å². The SMILES string of the molecule is CC(CCc1ccccc1)Nc1ccc(F)c(F)c1. The Labute approximate surface area is 112 Å². The van der Waals surface area contributed by atoms with E-state index in [4.69, 9.17) is 0 Å². The summed E-state index contributed by atoms with van der Waals surface area (Å²) in [6, 6.07) is 14.3. The van der Waals surface area contributed by atoms with Crippen molar-refractivity contribution in [2.45, 2.75) is 25.8 Å². The molecule has 2 aromatic carbocycles. The normalized spacial score (nSPS) is 12.2. The minimum Gasteiger partial charge on any atom is -0.382 e. The number of anilines is 1. The summed E-state index contributed by atoms with van der Waals surface area (Å²) >= 11 is 0. The van der Waals surface area contributed by atoms with Crippen molar-refractivity contribution >= 4 is 5.69 Å². The van der Waals surface area contributed by atoms with Gasteiger partial charge in [-0.05, 0) is 37.5 Å². The van der Waals surface area contributed by atoms with E-state index >= 15 is 0 Å². The molecule has 19 heavy (non-hydrogen) atoms. The van der Waals surface area contributed by atoms with Gasteiger partial charge in [-0.3, -0.25) is 0 Å². The van der Waals surface area contributed by atoms with E-state index in [-0.39, 0.29) is 6.04 Å². The van der Waals surface area contributed by atoms with E-state index in [2.05, 4.69) is 17.4 Å². The van der Waals surface area contributed by atoms with Crippen LogP contribution in [0.15, 0.2) is 48.5 Å². The Hall–Kier alpha value is -1.90. The number of hydrogen-bond acceptors (Lipinski definition) is 1. The fourth-order valence-corrected chi connectivity index (χ4v) is 1.97. The van der Waals surface area contributed by atoms with Crippen LogP contribution in [-0.2, 0) is 6.42 Å². The van der Waals surface area contributed by atoms with Gasteiger partial charge in [-0.1, -0.05) is 30.3 Å². The Kier molecular flexibility index (Phi) is 4.50. The van der Waals surface area contributed by atoms with Crippen molar-refractivity contribution in [3.8, 4) is 0 Å². The van der Waals surface area contributed by atoms with Gasteiger partial charge >= 0.3 is 0 Å². The van der Waals surface area contributed by atoms with Gasteiger partial charge in [0.1, 0.15) is 0 Å². The molecule has 100 valence electrons. The summed E-state index contributed by atoms with van der Waals surface area (Å²) in [5.41, 5.74) is 1.89. The van der Waals surface area contributed by atoms with Crippen LogP contribution in [0.2, 0.25) is 0 Å². The quantitative estimate of drug-likeness (QED) is 0.841. The molecule has 1 unspecified atom stereocenters. The maximum absolute atomic E-state index is 13.1. The molecule has 1 atom stereocenters. The van der Waals surface area contributed by atoms with Crippen LogP contribution in [0.3, 0.4) is 0 Å². The van der Waals surface area contributed by atoms with Gasteiger partial charge in [0.15, 0.2) is 11.6 Å². The zero-order chi connectivity index (χ0) is 13.7. The minimum atomic E-state index is -0.819. The fourth-order valence-electron chi connectivity index (χ4n) is 1.97. The maximum atomic E-state index is 13.1. The third kappa shape index (κ3) is 4.05. The lowest BCUT2D eigenvalue weighted by Gasteiger charge is -2.15. The zero-order valence-electron chi connectivity index (χ0n) is 10.9. The summed E-state index contributed by atoms with van der Waals surface area (Å²) in [6.45, 7) is 2.03. The van der Waals surface area contributed by atoms with Crippen molar-refractivity contribution in [3.63, 3.8) is 0 Å². The molecule has 0 amide bonds. The molecule has 0 aromatic heterocycles. The van der Waals surface area contributed by atoms with Gasteiger partial charge in [0, 0.05) is 17.8 Å². The summed E-state index contributed by atoms with van der Waals surface area (Å²) in [4.78, 5) is 0. The van der Waals surface area contributed by atoms with Crippen molar-refractivity contribution in [1.29, 1.82) is 0 Å². The van der Waals surface area contributed by atoms with Crippen LogP contribution < -0.4 is 5.32 Å². The maximum Gasteiger partial charge on any atom is 0.160 e. The summed E-state index contributed by atoms with van der Waals surface area (Å²) in [5, 5.41) is 3.17. The van der Waals surface area contributed by atoms with E-state index in [0.29, 0.717) is 5.69 Å². The Balaban J connectivity index is 1.87. The second-order valence-corrected chi connectivity index (χ2v) is 4.70. The first kappa shape index (κ1) is 13.5. The van der Waals surface area contributed by atoms with Crippen molar-refractivity contribution in [2.75, 3.05) is 5.32 Å². The largest absolute Gasteiger partial charge is 0.382 e. The fraction of sp³-hybridized carbons (Fsp3) is 0.250. The number of nitrogens with one attached hydrogen (secondary N) is 1. The molecule has 0 fully saturated rings. The van der Waals surface area contributed by atoms with Crippen LogP contribution in [0.4, 0.5) is 14.5 Å². The van der Waals surface area contributed by atoms with Crippen LogP contribution >= 0.6 is 0 Å². The van der Waals surface area contributed by atoms with Crippen LogP contribution in [0.1, 0.15) is 18.9 Å². The van der Waals surface area contributed by atoms with Crippen LogP contribution in [0.5, 0.6) is 0 Å². The molecular formula is C16H17F2N. The predicted octanol–water partition coefficient (Wildman–Crippen LogP) is 4.40. The van der Waals surface area contributed by atoms with Gasteiger partial charge in [-0.2, -0.15) is 0 Å². The molecule has 1 N–H and O–H groups in total. The van der Waals surface area contributed by atoms with Crippen LogP contribution in [-0.4, -0.2) is 6.04 Å². The van der Waals surface area contributed by atoms with Crippen LogP contribution in [0.25, 0.3) is 0 Å². The Bertz CT molecular complexity index is 526. The molecule has 0 aliphatic carbocycles. The van der Waals surface area contributed by atoms with E-state index in [0.717, 1.165) is 18.9 Å². The smallest absolute Gasteiger partial charge is 0.160 e. The highest BCUT2D eigenvalue weighted by atomic mass is 19.2. The second-order valence-electron chi connectivity index (χ2n) is 4.70. The van der Waals surface area contributed by atoms with Gasteiger partial charge in [0.25, 0.3) is 0 Å². The minimum absolute atomic E-state index is 0.199. The van der Waals surface area contributed by atoms with Crippen molar-refractivity contribution in [3.05, 3.63) is 65.7 Å². The first-order valence-corrected chi connectivity index (χ1v) is 6.40. The molecule has 0 aliphatic rings. The zero-order valence-corrected chi connectivity index (χ0v) is 10.9. The van der Waals surface area contributed by atoms with Crippen molar-refractivity contribution in [2.24, 2.45) is 0 Å². The predicted molar refractivity (Wildman–Crippen MR) is 74.2 cm³/mol. The van der Waals surface area contributed by atoms with E-state index in [1.807, 2.05) is 25.1 Å². The van der Waals surface area contributed by atoms with Gasteiger partial charge < -0.3 is 5.32 Å². The second kappa shape index (κ2) is 6.32. The molecular weight excluding hydrogens is 244 g/mol. The lowest BCUT2D eigenvalue weighted by molar-refractivity contribution is 0.509. The topological polar surface area (TPSA) is 12.0 Å². The highest BCUT2D eigenvalue weighted by Gasteiger charge is 2.06. The Morgan fingerprint density at radius 2 is 1.74 bits per heavy atom. The van der Waals surface area contributed by atoms with E-state index in [1.54, 1.807) is 6.07 Å². The summed E-state index contributed by atoms with van der Waals surface area (Å²) in [6.07, 6.45) is 1.89. The van der Waals surface area contributed by atoms with E-state index < -0.39 is 11.6 Å². The van der Waals surface area contributed by atoms with Gasteiger partial charge in [-0.25, -0.2) is 8.78 Å². The molecule has 3 heteroatoms. The summed E-state index contributed by atoms with van der Waals surface area (Å²) < 4.78 is 25.9. The molecule has 0 saturated heterocycles. The lowest BCUT2D eigenvalue weighted by Crippen LogP contribution is -2.16. The van der Waals surface area contributed by atoms with Gasteiger partial charge in [-0.15, -0.1) is 0 Å². The summed E-state index contributed by atoms with van der Waals surface area (Å²) in [7, 11) is 0. The molecule has 0 aliphatic heterocycles. The number of rotatable bonds is 5. The molecule has 2 aromatic rings. The number of aryl methyl sites for hydroxylation is 1. The standard InChI is InChI=1S/C16H17F2N/c1-12(7-8-13-5-3-2-4-6-13)19-14-9-10-15(17)16(18)11-14/h2-6,9-12,19H,7-8H2,1H3. The molecule has 0 radical (unpaired) electrons. The Morgan fingerprint density at radius 3 is 2.42 bits per heavy atom. The van der Waals surface area contributed by atoms with Gasteiger partial charge in [0.05, 0.1) is 0 Å². The lowest BCUT2D eigenvalue weighted by atomic mass is 10.1. The monoisotopic (exact) mass is 261 g/mol. The average Bonchev–Trinajstić information content (AvgIpc) is 2.42. The molecule has 0 saturated carbocycles. The third-order valence-corrected chi connectivity index (χ3v) is 3.04. The first-order chi connectivity index (χ1) is 9.15. The summed E-state index contributed by atoms with van der Waals surface area (Å²) in [5.74, 6) is -1.64. The third-order valence-electron chi connectivity index (χ3n) is 3.04. The molecule has 1 nitrogen and oxygen atoms in total. The molecule has 0 bridgehead atoms. The average molecular weight is 261 g/mol. The number of halogens is 2. The van der Waals surface area contributed by atoms with E-state index in [1.165, 1.54) is 11.6 Å². The van der Waals surface area contributed by atoms with Crippen LogP contribution in [0, 0.1) is 11.6 Å². The number of hydrogen-bond donors (Lipinski definition) is 1. The number of benzene rings is 2. The molecule has 0 spiro atoms. The van der Waals surface area contributed by atoms with Crippen molar-refractivity contribution < 1.29 is 8.78 Å². The molecule has 0 heterocycles. The Morgan fingerprint density at radius 1 is 1.00 bits per heavy atom. The molecule has 2 rings (SSSR count). The highest BCUT2D eigenvalue weighted by Crippen LogP contribution is 2.15.